The van der Waals surface area contributed by atoms with Crippen LogP contribution in [0.15, 0.2) is 12.1 Å². The second kappa shape index (κ2) is 9.07. The van der Waals surface area contributed by atoms with Gasteiger partial charge in [0.1, 0.15) is 0 Å². The molecule has 0 amide bonds. The highest BCUT2D eigenvalue weighted by molar-refractivity contribution is 6.39. The van der Waals surface area contributed by atoms with E-state index < -0.39 is 0 Å². The molecule has 0 spiro atoms. The number of fused-ring (bicyclic) bond motifs is 2. The fourth-order valence-electron chi connectivity index (χ4n) is 3.68. The van der Waals surface area contributed by atoms with Gasteiger partial charge in [-0.1, -0.05) is 42.5 Å². The third-order valence-electron chi connectivity index (χ3n) is 4.96. The highest BCUT2D eigenvalue weighted by atomic mass is 35.5. The van der Waals surface area contributed by atoms with E-state index in [0.29, 0.717) is 10.0 Å². The first-order valence-corrected chi connectivity index (χ1v) is 10.2. The van der Waals surface area contributed by atoms with E-state index in [-0.39, 0.29) is 0 Å². The average molecular weight is 380 g/mol. The van der Waals surface area contributed by atoms with Gasteiger partial charge in [0.2, 0.25) is 0 Å². The summed E-state index contributed by atoms with van der Waals surface area (Å²) >= 11 is 12.7. The quantitative estimate of drug-likeness (QED) is 0.574. The van der Waals surface area contributed by atoms with Crippen molar-refractivity contribution >= 4 is 39.8 Å². The number of rotatable bonds is 8. The van der Waals surface area contributed by atoms with Gasteiger partial charge in [-0.2, -0.15) is 0 Å². The van der Waals surface area contributed by atoms with E-state index in [9.17, 15) is 0 Å². The third-order valence-corrected chi connectivity index (χ3v) is 5.48. The van der Waals surface area contributed by atoms with Gasteiger partial charge in [-0.05, 0) is 62.8 Å². The van der Waals surface area contributed by atoms with Gasteiger partial charge in [0.05, 0.1) is 16.2 Å². The number of nitrogens with one attached hydrogen (secondary N) is 1. The van der Waals surface area contributed by atoms with Crippen LogP contribution in [0.25, 0.3) is 10.9 Å². The van der Waals surface area contributed by atoms with E-state index in [2.05, 4.69) is 5.32 Å². The molecule has 1 heterocycles. The number of nitrogens with two attached hydrogens (primary N) is 1. The van der Waals surface area contributed by atoms with Crippen LogP contribution in [0.5, 0.6) is 0 Å². The van der Waals surface area contributed by atoms with Crippen LogP contribution in [0.4, 0.5) is 5.69 Å². The number of pyridine rings is 1. The van der Waals surface area contributed by atoms with Crippen molar-refractivity contribution in [1.82, 2.24) is 4.98 Å². The molecule has 25 heavy (non-hydrogen) atoms. The monoisotopic (exact) mass is 379 g/mol. The topological polar surface area (TPSA) is 50.9 Å². The first kappa shape index (κ1) is 18.8. The lowest BCUT2D eigenvalue weighted by molar-refractivity contribution is 0.628. The van der Waals surface area contributed by atoms with Crippen molar-refractivity contribution in [2.75, 3.05) is 18.4 Å². The van der Waals surface area contributed by atoms with Crippen LogP contribution in [0, 0.1) is 0 Å². The Balaban J connectivity index is 1.80. The van der Waals surface area contributed by atoms with E-state index in [1.165, 1.54) is 49.0 Å². The van der Waals surface area contributed by atoms with Crippen LogP contribution in [0.3, 0.4) is 0 Å². The standard InChI is InChI=1S/C20H27Cl2N3/c21-14-12-16(22)19-18(13-14)25-17-9-5-4-8-15(17)20(19)24-11-7-3-1-2-6-10-23/h12-13H,1-11,23H2,(H,24,25). The summed E-state index contributed by atoms with van der Waals surface area (Å²) < 4.78 is 0. The SMILES string of the molecule is NCCCCCCCNc1c2c(nc3cc(Cl)cc(Cl)c13)CCCC2. The Labute approximate surface area is 160 Å². The summed E-state index contributed by atoms with van der Waals surface area (Å²) in [7, 11) is 0. The molecule has 5 heteroatoms. The van der Waals surface area contributed by atoms with Gasteiger partial charge >= 0.3 is 0 Å². The van der Waals surface area contributed by atoms with Crippen molar-refractivity contribution in [1.29, 1.82) is 0 Å². The molecule has 0 fully saturated rings. The molecule has 136 valence electrons. The number of aryl methyl sites for hydroxylation is 1. The highest BCUT2D eigenvalue weighted by Gasteiger charge is 2.20. The second-order valence-electron chi connectivity index (χ2n) is 6.88. The van der Waals surface area contributed by atoms with Gasteiger partial charge in [-0.25, -0.2) is 0 Å². The van der Waals surface area contributed by atoms with Crippen molar-refractivity contribution in [3.05, 3.63) is 33.4 Å². The zero-order valence-corrected chi connectivity index (χ0v) is 16.2. The number of aromatic nitrogens is 1. The molecule has 3 nitrogen and oxygen atoms in total. The van der Waals surface area contributed by atoms with Crippen LogP contribution in [-0.4, -0.2) is 18.1 Å². The minimum Gasteiger partial charge on any atom is -0.384 e. The number of anilines is 1. The lowest BCUT2D eigenvalue weighted by atomic mass is 9.92. The Morgan fingerprint density at radius 1 is 1.00 bits per heavy atom. The number of hydrogen-bond acceptors (Lipinski definition) is 3. The molecular weight excluding hydrogens is 353 g/mol. The summed E-state index contributed by atoms with van der Waals surface area (Å²) in [4.78, 5) is 4.86. The fraction of sp³-hybridized carbons (Fsp3) is 0.550. The number of halogens is 2. The minimum atomic E-state index is 0.645. The number of unbranched alkanes of at least 4 members (excludes halogenated alkanes) is 4. The minimum absolute atomic E-state index is 0.645. The third kappa shape index (κ3) is 4.58. The smallest absolute Gasteiger partial charge is 0.0756 e. The van der Waals surface area contributed by atoms with Crippen LogP contribution in [-0.2, 0) is 12.8 Å². The molecule has 1 aromatic carbocycles. The molecule has 0 saturated carbocycles. The summed E-state index contributed by atoms with van der Waals surface area (Å²) in [5.74, 6) is 0. The molecule has 0 bridgehead atoms. The zero-order valence-electron chi connectivity index (χ0n) is 14.7. The number of benzene rings is 1. The number of nitrogens with zero attached hydrogens (tertiary/aromatic N) is 1. The van der Waals surface area contributed by atoms with E-state index in [1.54, 1.807) is 0 Å². The van der Waals surface area contributed by atoms with Gasteiger partial charge < -0.3 is 11.1 Å². The predicted octanol–water partition coefficient (Wildman–Crippen LogP) is 5.74. The molecule has 2 aromatic rings. The maximum atomic E-state index is 6.53. The van der Waals surface area contributed by atoms with Crippen molar-refractivity contribution in [3.63, 3.8) is 0 Å². The van der Waals surface area contributed by atoms with Gasteiger partial charge in [0.15, 0.2) is 0 Å². The maximum Gasteiger partial charge on any atom is 0.0756 e. The Morgan fingerprint density at radius 3 is 2.60 bits per heavy atom. The van der Waals surface area contributed by atoms with E-state index in [4.69, 9.17) is 33.9 Å². The van der Waals surface area contributed by atoms with Crippen molar-refractivity contribution in [2.45, 2.75) is 57.8 Å². The van der Waals surface area contributed by atoms with E-state index in [1.807, 2.05) is 12.1 Å². The second-order valence-corrected chi connectivity index (χ2v) is 7.73. The molecule has 1 aliphatic carbocycles. The fourth-order valence-corrected chi connectivity index (χ4v) is 4.26. The summed E-state index contributed by atoms with van der Waals surface area (Å²) in [6.07, 6.45) is 10.6. The van der Waals surface area contributed by atoms with Gasteiger partial charge in [0.25, 0.3) is 0 Å². The molecule has 1 aliphatic rings. The lowest BCUT2D eigenvalue weighted by Crippen LogP contribution is -2.12. The molecule has 0 saturated heterocycles. The molecule has 3 rings (SSSR count). The average Bonchev–Trinajstić information content (AvgIpc) is 2.59. The molecule has 1 aromatic heterocycles. The van der Waals surface area contributed by atoms with Crippen molar-refractivity contribution in [3.8, 4) is 0 Å². The van der Waals surface area contributed by atoms with E-state index >= 15 is 0 Å². The molecule has 0 atom stereocenters. The van der Waals surface area contributed by atoms with Crippen LogP contribution >= 0.6 is 23.2 Å². The van der Waals surface area contributed by atoms with Gasteiger partial charge in [-0.15, -0.1) is 0 Å². The Hall–Kier alpha value is -1.03. The first-order valence-electron chi connectivity index (χ1n) is 9.45. The summed E-state index contributed by atoms with van der Waals surface area (Å²) in [5, 5.41) is 6.03. The Bertz CT molecular complexity index is 731. The molecule has 3 N–H and O–H groups in total. The Morgan fingerprint density at radius 2 is 1.76 bits per heavy atom. The largest absolute Gasteiger partial charge is 0.384 e. The molecule has 0 unspecified atom stereocenters. The zero-order chi connectivity index (χ0) is 17.6. The van der Waals surface area contributed by atoms with E-state index in [0.717, 1.165) is 49.7 Å². The predicted molar refractivity (Wildman–Crippen MR) is 109 cm³/mol. The highest BCUT2D eigenvalue weighted by Crippen LogP contribution is 2.38. The normalized spacial score (nSPS) is 13.9. The van der Waals surface area contributed by atoms with Crippen LogP contribution in [0.2, 0.25) is 10.0 Å². The molecular formula is C20H27Cl2N3. The van der Waals surface area contributed by atoms with Crippen molar-refractivity contribution < 1.29 is 0 Å². The van der Waals surface area contributed by atoms with Crippen LogP contribution in [0.1, 0.15) is 56.2 Å². The molecule has 0 radical (unpaired) electrons. The van der Waals surface area contributed by atoms with Gasteiger partial charge in [0, 0.05) is 22.6 Å². The van der Waals surface area contributed by atoms with Crippen LogP contribution < -0.4 is 11.1 Å². The first-order chi connectivity index (χ1) is 12.2. The lowest BCUT2D eigenvalue weighted by Gasteiger charge is -2.22. The summed E-state index contributed by atoms with van der Waals surface area (Å²) in [6, 6.07) is 3.75. The molecule has 0 aliphatic heterocycles. The maximum absolute atomic E-state index is 6.53. The van der Waals surface area contributed by atoms with Gasteiger partial charge in [-0.3, -0.25) is 4.98 Å². The summed E-state index contributed by atoms with van der Waals surface area (Å²) in [5.41, 5.74) is 10.2. The summed E-state index contributed by atoms with van der Waals surface area (Å²) in [6.45, 7) is 1.77. The Kier molecular flexibility index (Phi) is 6.80. The number of hydrogen-bond donors (Lipinski definition) is 2. The van der Waals surface area contributed by atoms with Crippen molar-refractivity contribution in [2.24, 2.45) is 5.73 Å².